The third-order valence-corrected chi connectivity index (χ3v) is 4.36. The number of nitrogens with one attached hydrogen (secondary N) is 1. The molecule has 0 radical (unpaired) electrons. The number of aromatic nitrogens is 1. The number of carboxylic acid groups (broad SMARTS) is 1. The summed E-state index contributed by atoms with van der Waals surface area (Å²) in [7, 11) is 0. The van der Waals surface area contributed by atoms with E-state index in [4.69, 9.17) is 5.11 Å². The molecule has 2 rings (SSSR count). The Hall–Kier alpha value is -1.43. The van der Waals surface area contributed by atoms with Crippen molar-refractivity contribution in [3.8, 4) is 0 Å². The molecule has 0 saturated heterocycles. The van der Waals surface area contributed by atoms with Crippen molar-refractivity contribution in [2.75, 3.05) is 0 Å². The Morgan fingerprint density at radius 1 is 1.56 bits per heavy atom. The summed E-state index contributed by atoms with van der Waals surface area (Å²) in [5.41, 5.74) is 0. The van der Waals surface area contributed by atoms with Gasteiger partial charge in [-0.1, -0.05) is 13.3 Å². The Morgan fingerprint density at radius 2 is 2.33 bits per heavy atom. The fourth-order valence-electron chi connectivity index (χ4n) is 2.32. The molecule has 1 fully saturated rings. The number of carbonyl (C=O) groups excluding carboxylic acids is 1. The average molecular weight is 268 g/mol. The fraction of sp³-hybridized carbons (Fsp3) is 0.583. The van der Waals surface area contributed by atoms with Gasteiger partial charge in [-0.15, -0.1) is 11.3 Å². The number of rotatable bonds is 4. The van der Waals surface area contributed by atoms with Gasteiger partial charge in [-0.2, -0.15) is 0 Å². The van der Waals surface area contributed by atoms with E-state index in [1.165, 1.54) is 6.20 Å². The summed E-state index contributed by atoms with van der Waals surface area (Å²) in [4.78, 5) is 26.8. The lowest BCUT2D eigenvalue weighted by molar-refractivity contribution is -0.126. The largest absolute Gasteiger partial charge is 0.477 e. The van der Waals surface area contributed by atoms with Gasteiger partial charge >= 0.3 is 5.97 Å². The zero-order chi connectivity index (χ0) is 13.1. The summed E-state index contributed by atoms with van der Waals surface area (Å²) in [5, 5.41) is 12.2. The first kappa shape index (κ1) is 13.0. The fourth-order valence-corrected chi connectivity index (χ4v) is 3.02. The molecular formula is C12H16N2O3S. The number of amides is 1. The molecule has 1 aromatic rings. The first-order valence-corrected chi connectivity index (χ1v) is 6.85. The normalized spacial score (nSPS) is 22.9. The molecule has 0 aromatic carbocycles. The van der Waals surface area contributed by atoms with Gasteiger partial charge in [-0.3, -0.25) is 4.79 Å². The lowest BCUT2D eigenvalue weighted by atomic mass is 9.97. The Kier molecular flexibility index (Phi) is 3.96. The molecule has 2 atom stereocenters. The van der Waals surface area contributed by atoms with E-state index in [1.807, 2.05) is 0 Å². The highest BCUT2D eigenvalue weighted by molar-refractivity contribution is 7.13. The molecule has 1 heterocycles. The minimum atomic E-state index is -0.977. The molecule has 1 amide bonds. The smallest absolute Gasteiger partial charge is 0.347 e. The van der Waals surface area contributed by atoms with E-state index in [9.17, 15) is 9.59 Å². The van der Waals surface area contributed by atoms with E-state index in [2.05, 4.69) is 17.2 Å². The monoisotopic (exact) mass is 268 g/mol. The highest BCUT2D eigenvalue weighted by Crippen LogP contribution is 2.31. The van der Waals surface area contributed by atoms with Crippen molar-refractivity contribution in [3.05, 3.63) is 16.1 Å². The molecule has 1 aliphatic carbocycles. The SMILES string of the molecule is CC1CCCC1C(=O)NCc1ncc(C(=O)O)s1. The first-order valence-electron chi connectivity index (χ1n) is 6.03. The number of hydrogen-bond donors (Lipinski definition) is 2. The van der Waals surface area contributed by atoms with Crippen LogP contribution in [-0.2, 0) is 11.3 Å². The third kappa shape index (κ3) is 2.87. The average Bonchev–Trinajstić information content (AvgIpc) is 2.94. The van der Waals surface area contributed by atoms with Gasteiger partial charge < -0.3 is 10.4 Å². The molecule has 6 heteroatoms. The van der Waals surface area contributed by atoms with Gasteiger partial charge in [-0.05, 0) is 18.8 Å². The zero-order valence-electron chi connectivity index (χ0n) is 10.2. The van der Waals surface area contributed by atoms with Gasteiger partial charge in [0.15, 0.2) is 0 Å². The van der Waals surface area contributed by atoms with Crippen molar-refractivity contribution >= 4 is 23.2 Å². The molecular weight excluding hydrogens is 252 g/mol. The van der Waals surface area contributed by atoms with Gasteiger partial charge in [0.25, 0.3) is 0 Å². The number of carboxylic acids is 1. The molecule has 2 unspecified atom stereocenters. The molecule has 0 bridgehead atoms. The van der Waals surface area contributed by atoms with Gasteiger partial charge in [0.05, 0.1) is 12.7 Å². The standard InChI is InChI=1S/C12H16N2O3S/c1-7-3-2-4-8(7)11(15)14-6-10-13-5-9(18-10)12(16)17/h5,7-8H,2-4,6H2,1H3,(H,14,15)(H,16,17). The summed E-state index contributed by atoms with van der Waals surface area (Å²) < 4.78 is 0. The van der Waals surface area contributed by atoms with Crippen LogP contribution >= 0.6 is 11.3 Å². The minimum absolute atomic E-state index is 0.0621. The lowest BCUT2D eigenvalue weighted by Crippen LogP contribution is -2.31. The summed E-state index contributed by atoms with van der Waals surface area (Å²) in [6.45, 7) is 2.42. The van der Waals surface area contributed by atoms with Crippen LogP contribution in [0.2, 0.25) is 0 Å². The molecule has 98 valence electrons. The third-order valence-electron chi connectivity index (χ3n) is 3.38. The second kappa shape index (κ2) is 5.48. The van der Waals surface area contributed by atoms with Crippen molar-refractivity contribution in [1.82, 2.24) is 10.3 Å². The minimum Gasteiger partial charge on any atom is -0.477 e. The zero-order valence-corrected chi connectivity index (χ0v) is 11.0. The quantitative estimate of drug-likeness (QED) is 0.874. The Balaban J connectivity index is 1.87. The van der Waals surface area contributed by atoms with Crippen LogP contribution in [0.5, 0.6) is 0 Å². The summed E-state index contributed by atoms with van der Waals surface area (Å²) >= 11 is 1.10. The molecule has 5 nitrogen and oxygen atoms in total. The van der Waals surface area contributed by atoms with Gasteiger partial charge in [0.2, 0.25) is 5.91 Å². The van der Waals surface area contributed by atoms with Crippen LogP contribution in [-0.4, -0.2) is 22.0 Å². The molecule has 1 saturated carbocycles. The number of thiazole rings is 1. The van der Waals surface area contributed by atoms with Crippen LogP contribution in [0.3, 0.4) is 0 Å². The summed E-state index contributed by atoms with van der Waals surface area (Å²) in [6.07, 6.45) is 4.50. The second-order valence-electron chi connectivity index (χ2n) is 4.66. The lowest BCUT2D eigenvalue weighted by Gasteiger charge is -2.14. The van der Waals surface area contributed by atoms with Crippen molar-refractivity contribution in [1.29, 1.82) is 0 Å². The number of hydrogen-bond acceptors (Lipinski definition) is 4. The highest BCUT2D eigenvalue weighted by Gasteiger charge is 2.29. The molecule has 0 spiro atoms. The molecule has 0 aliphatic heterocycles. The number of aromatic carboxylic acids is 1. The maximum atomic E-state index is 11.9. The van der Waals surface area contributed by atoms with E-state index in [1.54, 1.807) is 0 Å². The van der Waals surface area contributed by atoms with Gasteiger partial charge in [0, 0.05) is 5.92 Å². The molecule has 1 aromatic heterocycles. The number of nitrogens with zero attached hydrogens (tertiary/aromatic N) is 1. The Labute approximate surface area is 109 Å². The van der Waals surface area contributed by atoms with Crippen LogP contribution in [0, 0.1) is 11.8 Å². The van der Waals surface area contributed by atoms with E-state index in [-0.39, 0.29) is 16.7 Å². The van der Waals surface area contributed by atoms with Crippen molar-refractivity contribution in [2.24, 2.45) is 11.8 Å². The highest BCUT2D eigenvalue weighted by atomic mass is 32.1. The van der Waals surface area contributed by atoms with Crippen LogP contribution < -0.4 is 5.32 Å². The van der Waals surface area contributed by atoms with Gasteiger partial charge in [-0.25, -0.2) is 9.78 Å². The number of carbonyl (C=O) groups is 2. The topological polar surface area (TPSA) is 79.3 Å². The Bertz CT molecular complexity index is 458. The van der Waals surface area contributed by atoms with Crippen LogP contribution in [0.15, 0.2) is 6.20 Å². The van der Waals surface area contributed by atoms with E-state index >= 15 is 0 Å². The maximum absolute atomic E-state index is 11.9. The van der Waals surface area contributed by atoms with Crippen LogP contribution in [0.4, 0.5) is 0 Å². The van der Waals surface area contributed by atoms with Crippen molar-refractivity contribution in [2.45, 2.75) is 32.7 Å². The van der Waals surface area contributed by atoms with Crippen molar-refractivity contribution < 1.29 is 14.7 Å². The first-order chi connectivity index (χ1) is 8.58. The molecule has 1 aliphatic rings. The van der Waals surface area contributed by atoms with Crippen LogP contribution in [0.1, 0.15) is 40.9 Å². The maximum Gasteiger partial charge on any atom is 0.347 e. The summed E-state index contributed by atoms with van der Waals surface area (Å²) in [6, 6.07) is 0. The second-order valence-corrected chi connectivity index (χ2v) is 5.77. The Morgan fingerprint density at radius 3 is 2.89 bits per heavy atom. The van der Waals surface area contributed by atoms with E-state index < -0.39 is 5.97 Å². The van der Waals surface area contributed by atoms with Gasteiger partial charge in [0.1, 0.15) is 9.88 Å². The predicted molar refractivity (Wildman–Crippen MR) is 67.4 cm³/mol. The van der Waals surface area contributed by atoms with Crippen molar-refractivity contribution in [3.63, 3.8) is 0 Å². The molecule has 2 N–H and O–H groups in total. The molecule has 18 heavy (non-hydrogen) atoms. The van der Waals surface area contributed by atoms with E-state index in [0.717, 1.165) is 30.6 Å². The van der Waals surface area contributed by atoms with E-state index in [0.29, 0.717) is 17.5 Å². The van der Waals surface area contributed by atoms with Crippen LogP contribution in [0.25, 0.3) is 0 Å². The summed E-state index contributed by atoms with van der Waals surface area (Å²) in [5.74, 6) is -0.374. The predicted octanol–water partition coefficient (Wildman–Crippen LogP) is 1.89.